The van der Waals surface area contributed by atoms with Crippen molar-refractivity contribution in [2.45, 2.75) is 39.5 Å². The van der Waals surface area contributed by atoms with E-state index in [0.29, 0.717) is 0 Å². The Labute approximate surface area is 70.8 Å². The molecule has 0 radical (unpaired) electrons. The summed E-state index contributed by atoms with van der Waals surface area (Å²) >= 11 is 0. The van der Waals surface area contributed by atoms with Crippen LogP contribution in [0.3, 0.4) is 0 Å². The first-order chi connectivity index (χ1) is 4.35. The summed E-state index contributed by atoms with van der Waals surface area (Å²) in [5.74, 6) is 0.792. The van der Waals surface area contributed by atoms with Crippen LogP contribution in [0.4, 0.5) is 0 Å². The molecular weight excluding hydrogens is 146 g/mol. The molecule has 0 bridgehead atoms. The number of hydrogen-bond acceptors (Lipinski definition) is 1. The Balaban J connectivity index is 0. The van der Waals surface area contributed by atoms with Crippen LogP contribution >= 0.6 is 12.4 Å². The Kier molecular flexibility index (Phi) is 11.9. The fourth-order valence-corrected chi connectivity index (χ4v) is 1.20. The van der Waals surface area contributed by atoms with Crippen LogP contribution in [0.1, 0.15) is 39.5 Å². The van der Waals surface area contributed by atoms with Gasteiger partial charge in [-0.25, -0.2) is 0 Å². The molecule has 10 heavy (non-hydrogen) atoms. The second-order valence-corrected chi connectivity index (χ2v) is 2.68. The maximum atomic E-state index is 5.54. The Hall–Kier alpha value is 0.250. The van der Waals surface area contributed by atoms with Crippen molar-refractivity contribution in [3.05, 3.63) is 0 Å². The third-order valence-electron chi connectivity index (χ3n) is 1.73. The Morgan fingerprint density at radius 2 is 1.50 bits per heavy atom. The fraction of sp³-hybridized carbons (Fsp3) is 1.00. The van der Waals surface area contributed by atoms with Gasteiger partial charge >= 0.3 is 0 Å². The van der Waals surface area contributed by atoms with E-state index in [1.165, 1.54) is 25.7 Å². The summed E-state index contributed by atoms with van der Waals surface area (Å²) in [4.78, 5) is 0. The molecule has 0 atom stereocenters. The lowest BCUT2D eigenvalue weighted by Gasteiger charge is -2.10. The highest BCUT2D eigenvalue weighted by molar-refractivity contribution is 5.85. The van der Waals surface area contributed by atoms with Gasteiger partial charge in [0.2, 0.25) is 0 Å². The average Bonchev–Trinajstić information content (AvgIpc) is 1.88. The van der Waals surface area contributed by atoms with E-state index in [0.717, 1.165) is 12.5 Å². The number of nitrogens with two attached hydrogens (primary N) is 1. The molecule has 0 aromatic carbocycles. The lowest BCUT2D eigenvalue weighted by molar-refractivity contribution is 0.450. The maximum Gasteiger partial charge on any atom is -0.00489 e. The molecule has 0 saturated heterocycles. The van der Waals surface area contributed by atoms with Gasteiger partial charge in [0.25, 0.3) is 0 Å². The number of rotatable bonds is 5. The van der Waals surface area contributed by atoms with Crippen LogP contribution in [0.5, 0.6) is 0 Å². The maximum absolute atomic E-state index is 5.54. The van der Waals surface area contributed by atoms with Crippen LogP contribution in [-0.2, 0) is 0 Å². The summed E-state index contributed by atoms with van der Waals surface area (Å²) in [6.45, 7) is 5.32. The molecule has 0 aliphatic rings. The van der Waals surface area contributed by atoms with Crippen LogP contribution in [0.2, 0.25) is 0 Å². The topological polar surface area (TPSA) is 26.0 Å². The van der Waals surface area contributed by atoms with Crippen molar-refractivity contribution >= 4 is 12.4 Å². The lowest BCUT2D eigenvalue weighted by atomic mass is 9.99. The van der Waals surface area contributed by atoms with Crippen molar-refractivity contribution in [1.29, 1.82) is 0 Å². The molecule has 0 aromatic rings. The molecule has 2 N–H and O–H groups in total. The van der Waals surface area contributed by atoms with Gasteiger partial charge in [-0.05, 0) is 25.3 Å². The van der Waals surface area contributed by atoms with Crippen molar-refractivity contribution in [3.8, 4) is 0 Å². The second-order valence-electron chi connectivity index (χ2n) is 2.68. The first kappa shape index (κ1) is 12.9. The van der Waals surface area contributed by atoms with Gasteiger partial charge in [0.15, 0.2) is 0 Å². The molecule has 0 unspecified atom stereocenters. The zero-order chi connectivity index (χ0) is 7.11. The molecule has 1 nitrogen and oxygen atoms in total. The predicted octanol–water partition coefficient (Wildman–Crippen LogP) is 2.58. The number of hydrogen-bond donors (Lipinski definition) is 1. The van der Waals surface area contributed by atoms with Gasteiger partial charge in [-0.1, -0.05) is 26.7 Å². The van der Waals surface area contributed by atoms with E-state index in [1.807, 2.05) is 0 Å². The minimum atomic E-state index is 0. The molecule has 0 heterocycles. The predicted molar refractivity (Wildman–Crippen MR) is 49.6 cm³/mol. The normalized spacial score (nSPS) is 9.60. The summed E-state index contributed by atoms with van der Waals surface area (Å²) in [6.07, 6.45) is 5.18. The molecule has 0 fully saturated rings. The van der Waals surface area contributed by atoms with Gasteiger partial charge in [0.1, 0.15) is 0 Å². The smallest absolute Gasteiger partial charge is 0.00489 e. The Bertz CT molecular complexity index is 51.2. The first-order valence-corrected chi connectivity index (χ1v) is 4.05. The van der Waals surface area contributed by atoms with E-state index < -0.39 is 0 Å². The van der Waals surface area contributed by atoms with Gasteiger partial charge < -0.3 is 5.73 Å². The van der Waals surface area contributed by atoms with Crippen molar-refractivity contribution in [2.75, 3.05) is 6.54 Å². The fourth-order valence-electron chi connectivity index (χ4n) is 1.20. The molecule has 0 saturated carbocycles. The highest BCUT2D eigenvalue weighted by Crippen LogP contribution is 2.10. The molecule has 0 aliphatic heterocycles. The van der Waals surface area contributed by atoms with Crippen molar-refractivity contribution in [1.82, 2.24) is 0 Å². The van der Waals surface area contributed by atoms with E-state index >= 15 is 0 Å². The first-order valence-electron chi connectivity index (χ1n) is 4.05. The van der Waals surface area contributed by atoms with Gasteiger partial charge in [-0.3, -0.25) is 0 Å². The summed E-state index contributed by atoms with van der Waals surface area (Å²) in [5.41, 5.74) is 5.54. The minimum absolute atomic E-state index is 0. The van der Waals surface area contributed by atoms with Crippen molar-refractivity contribution in [3.63, 3.8) is 0 Å². The largest absolute Gasteiger partial charge is 0.330 e. The zero-order valence-electron chi connectivity index (χ0n) is 7.10. The van der Waals surface area contributed by atoms with Crippen LogP contribution in [0, 0.1) is 5.92 Å². The quantitative estimate of drug-likeness (QED) is 0.666. The molecule has 2 heteroatoms. The molecule has 0 aromatic heterocycles. The third kappa shape index (κ3) is 6.37. The average molecular weight is 166 g/mol. The van der Waals surface area contributed by atoms with Crippen LogP contribution in [0.25, 0.3) is 0 Å². The zero-order valence-corrected chi connectivity index (χ0v) is 7.91. The second kappa shape index (κ2) is 9.25. The molecule has 0 aliphatic carbocycles. The van der Waals surface area contributed by atoms with Crippen LogP contribution < -0.4 is 5.73 Å². The lowest BCUT2D eigenvalue weighted by Crippen LogP contribution is -2.13. The minimum Gasteiger partial charge on any atom is -0.330 e. The summed E-state index contributed by atoms with van der Waals surface area (Å²) in [6, 6.07) is 0. The highest BCUT2D eigenvalue weighted by atomic mass is 35.5. The van der Waals surface area contributed by atoms with Crippen molar-refractivity contribution in [2.24, 2.45) is 11.7 Å². The summed E-state index contributed by atoms with van der Waals surface area (Å²) < 4.78 is 0. The Morgan fingerprint density at radius 1 is 1.10 bits per heavy atom. The third-order valence-corrected chi connectivity index (χ3v) is 1.73. The molecule has 64 valence electrons. The summed E-state index contributed by atoms with van der Waals surface area (Å²) in [5, 5.41) is 0. The van der Waals surface area contributed by atoms with Crippen molar-refractivity contribution < 1.29 is 0 Å². The molecule has 0 rings (SSSR count). The van der Waals surface area contributed by atoms with Gasteiger partial charge in [0, 0.05) is 0 Å². The molecule has 0 spiro atoms. The van der Waals surface area contributed by atoms with Gasteiger partial charge in [-0.2, -0.15) is 0 Å². The van der Waals surface area contributed by atoms with Crippen LogP contribution in [-0.4, -0.2) is 6.54 Å². The van der Waals surface area contributed by atoms with E-state index in [1.54, 1.807) is 0 Å². The number of halogens is 1. The van der Waals surface area contributed by atoms with E-state index in [-0.39, 0.29) is 12.4 Å². The van der Waals surface area contributed by atoms with E-state index in [9.17, 15) is 0 Å². The molecular formula is C8H20ClN. The SMILES string of the molecule is CCCC(CN)CCC.Cl. The standard InChI is InChI=1S/C8H19N.ClH/c1-3-5-8(7-9)6-4-2;/h8H,3-7,9H2,1-2H3;1H. The van der Waals surface area contributed by atoms with Gasteiger partial charge in [0.05, 0.1) is 0 Å². The van der Waals surface area contributed by atoms with E-state index in [4.69, 9.17) is 5.73 Å². The highest BCUT2D eigenvalue weighted by Gasteiger charge is 2.01. The van der Waals surface area contributed by atoms with Crippen LogP contribution in [0.15, 0.2) is 0 Å². The summed E-state index contributed by atoms with van der Waals surface area (Å²) in [7, 11) is 0. The molecule has 0 amide bonds. The Morgan fingerprint density at radius 3 is 1.70 bits per heavy atom. The monoisotopic (exact) mass is 165 g/mol. The van der Waals surface area contributed by atoms with Gasteiger partial charge in [-0.15, -0.1) is 12.4 Å². The van der Waals surface area contributed by atoms with E-state index in [2.05, 4.69) is 13.8 Å².